The molecule has 1 aromatic carbocycles. The number of hydrogen-bond acceptors (Lipinski definition) is 2. The van der Waals surface area contributed by atoms with E-state index < -0.39 is 0 Å². The molecule has 2 rings (SSSR count). The van der Waals surface area contributed by atoms with Crippen molar-refractivity contribution in [2.24, 2.45) is 5.73 Å². The molecular weight excluding hydrogens is 184 g/mol. The third-order valence-electron chi connectivity index (χ3n) is 2.57. The first-order valence-electron chi connectivity index (χ1n) is 4.50. The predicted octanol–water partition coefficient (Wildman–Crippen LogP) is 1.35. The van der Waals surface area contributed by atoms with Crippen LogP contribution in [0.1, 0.15) is 11.5 Å². The zero-order chi connectivity index (χ0) is 9.26. The first-order chi connectivity index (χ1) is 6.29. The average Bonchev–Trinajstić information content (AvgIpc) is 2.52. The van der Waals surface area contributed by atoms with Crippen molar-refractivity contribution >= 4 is 11.6 Å². The van der Waals surface area contributed by atoms with Gasteiger partial charge in [-0.25, -0.2) is 0 Å². The molecule has 1 fully saturated rings. The van der Waals surface area contributed by atoms with E-state index in [-0.39, 0.29) is 6.04 Å². The number of rotatable bonds is 1. The lowest BCUT2D eigenvalue weighted by Crippen LogP contribution is -2.27. The summed E-state index contributed by atoms with van der Waals surface area (Å²) >= 11 is 6.09. The van der Waals surface area contributed by atoms with Crippen LogP contribution in [0.25, 0.3) is 0 Å². The Hall–Kier alpha value is -0.570. The Morgan fingerprint density at radius 1 is 1.31 bits per heavy atom. The van der Waals surface area contributed by atoms with Crippen molar-refractivity contribution in [1.29, 1.82) is 0 Å². The summed E-state index contributed by atoms with van der Waals surface area (Å²) in [5.41, 5.74) is 7.13. The second kappa shape index (κ2) is 3.66. The van der Waals surface area contributed by atoms with Gasteiger partial charge in [-0.1, -0.05) is 29.8 Å². The molecule has 0 radical (unpaired) electrons. The summed E-state index contributed by atoms with van der Waals surface area (Å²) in [6.07, 6.45) is 0. The summed E-state index contributed by atoms with van der Waals surface area (Å²) in [7, 11) is 0. The van der Waals surface area contributed by atoms with Crippen LogP contribution in [0, 0.1) is 0 Å². The summed E-state index contributed by atoms with van der Waals surface area (Å²) in [5, 5.41) is 4.09. The lowest BCUT2D eigenvalue weighted by Gasteiger charge is -2.15. The molecule has 1 heterocycles. The Morgan fingerprint density at radius 3 is 2.69 bits per heavy atom. The second-order valence-corrected chi connectivity index (χ2v) is 3.86. The molecule has 2 nitrogen and oxygen atoms in total. The van der Waals surface area contributed by atoms with Crippen LogP contribution < -0.4 is 11.1 Å². The summed E-state index contributed by atoms with van der Waals surface area (Å²) in [4.78, 5) is 0. The topological polar surface area (TPSA) is 38.0 Å². The molecule has 1 aromatic rings. The SMILES string of the molecule is NC1CNCC1c1ccccc1Cl. The lowest BCUT2D eigenvalue weighted by molar-refractivity contribution is 0.653. The highest BCUT2D eigenvalue weighted by molar-refractivity contribution is 6.31. The molecule has 0 aromatic heterocycles. The fraction of sp³-hybridized carbons (Fsp3) is 0.400. The largest absolute Gasteiger partial charge is 0.326 e. The van der Waals surface area contributed by atoms with Crippen molar-refractivity contribution in [2.45, 2.75) is 12.0 Å². The highest BCUT2D eigenvalue weighted by atomic mass is 35.5. The van der Waals surface area contributed by atoms with E-state index in [2.05, 4.69) is 11.4 Å². The molecule has 2 unspecified atom stereocenters. The van der Waals surface area contributed by atoms with Crippen LogP contribution in [0.3, 0.4) is 0 Å². The molecule has 1 saturated heterocycles. The minimum atomic E-state index is 0.194. The minimum absolute atomic E-state index is 0.194. The van der Waals surface area contributed by atoms with Gasteiger partial charge in [-0.05, 0) is 11.6 Å². The van der Waals surface area contributed by atoms with E-state index in [1.165, 1.54) is 5.56 Å². The van der Waals surface area contributed by atoms with Crippen molar-refractivity contribution in [3.05, 3.63) is 34.9 Å². The molecule has 1 aliphatic rings. The Labute approximate surface area is 83.1 Å². The first-order valence-corrected chi connectivity index (χ1v) is 4.87. The van der Waals surface area contributed by atoms with E-state index >= 15 is 0 Å². The molecule has 70 valence electrons. The minimum Gasteiger partial charge on any atom is -0.326 e. The van der Waals surface area contributed by atoms with E-state index in [4.69, 9.17) is 17.3 Å². The molecule has 0 amide bonds. The van der Waals surface area contributed by atoms with Crippen LogP contribution in [0.5, 0.6) is 0 Å². The van der Waals surface area contributed by atoms with E-state index in [9.17, 15) is 0 Å². The third-order valence-corrected chi connectivity index (χ3v) is 2.91. The van der Waals surface area contributed by atoms with Crippen LogP contribution in [0.4, 0.5) is 0 Å². The molecular formula is C10H13ClN2. The van der Waals surface area contributed by atoms with Gasteiger partial charge in [0.2, 0.25) is 0 Å². The van der Waals surface area contributed by atoms with Crippen LogP contribution in [-0.2, 0) is 0 Å². The Bertz CT molecular complexity index is 301. The van der Waals surface area contributed by atoms with Gasteiger partial charge >= 0.3 is 0 Å². The van der Waals surface area contributed by atoms with Crippen molar-refractivity contribution in [3.63, 3.8) is 0 Å². The van der Waals surface area contributed by atoms with E-state index in [1.54, 1.807) is 0 Å². The maximum atomic E-state index is 6.09. The normalized spacial score (nSPS) is 27.8. The number of nitrogens with one attached hydrogen (secondary N) is 1. The van der Waals surface area contributed by atoms with Crippen molar-refractivity contribution in [1.82, 2.24) is 5.32 Å². The van der Waals surface area contributed by atoms with Gasteiger partial charge in [-0.2, -0.15) is 0 Å². The summed E-state index contributed by atoms with van der Waals surface area (Å²) in [6, 6.07) is 8.12. The van der Waals surface area contributed by atoms with Gasteiger partial charge in [0.05, 0.1) is 0 Å². The first kappa shape index (κ1) is 9.00. The standard InChI is InChI=1S/C10H13ClN2/c11-9-4-2-1-3-7(9)8-5-13-6-10(8)12/h1-4,8,10,13H,5-6,12H2. The molecule has 0 saturated carbocycles. The average molecular weight is 197 g/mol. The monoisotopic (exact) mass is 196 g/mol. The van der Waals surface area contributed by atoms with Gasteiger partial charge in [-0.15, -0.1) is 0 Å². The highest BCUT2D eigenvalue weighted by Gasteiger charge is 2.26. The maximum Gasteiger partial charge on any atom is 0.0441 e. The van der Waals surface area contributed by atoms with E-state index in [1.807, 2.05) is 18.2 Å². The predicted molar refractivity (Wildman–Crippen MR) is 55.0 cm³/mol. The van der Waals surface area contributed by atoms with Gasteiger partial charge in [0.1, 0.15) is 0 Å². The quantitative estimate of drug-likeness (QED) is 0.712. The molecule has 0 aliphatic carbocycles. The van der Waals surface area contributed by atoms with Crippen LogP contribution in [0.2, 0.25) is 5.02 Å². The zero-order valence-electron chi connectivity index (χ0n) is 7.33. The highest BCUT2D eigenvalue weighted by Crippen LogP contribution is 2.27. The summed E-state index contributed by atoms with van der Waals surface area (Å²) < 4.78 is 0. The summed E-state index contributed by atoms with van der Waals surface area (Å²) in [6.45, 7) is 1.82. The summed E-state index contributed by atoms with van der Waals surface area (Å²) in [5.74, 6) is 0.369. The number of nitrogens with two attached hydrogens (primary N) is 1. The number of benzene rings is 1. The molecule has 3 N–H and O–H groups in total. The third kappa shape index (κ3) is 1.70. The van der Waals surface area contributed by atoms with Gasteiger partial charge in [0.15, 0.2) is 0 Å². The van der Waals surface area contributed by atoms with Crippen LogP contribution in [0.15, 0.2) is 24.3 Å². The van der Waals surface area contributed by atoms with Gasteiger partial charge < -0.3 is 11.1 Å². The maximum absolute atomic E-state index is 6.09. The fourth-order valence-electron chi connectivity index (χ4n) is 1.82. The number of hydrogen-bond donors (Lipinski definition) is 2. The Morgan fingerprint density at radius 2 is 2.08 bits per heavy atom. The zero-order valence-corrected chi connectivity index (χ0v) is 8.09. The van der Waals surface area contributed by atoms with E-state index in [0.717, 1.165) is 18.1 Å². The molecule has 0 spiro atoms. The van der Waals surface area contributed by atoms with E-state index in [0.29, 0.717) is 5.92 Å². The van der Waals surface area contributed by atoms with Gasteiger partial charge in [0, 0.05) is 30.1 Å². The van der Waals surface area contributed by atoms with Gasteiger partial charge in [0.25, 0.3) is 0 Å². The molecule has 13 heavy (non-hydrogen) atoms. The van der Waals surface area contributed by atoms with Crippen LogP contribution in [-0.4, -0.2) is 19.1 Å². The van der Waals surface area contributed by atoms with Crippen molar-refractivity contribution < 1.29 is 0 Å². The van der Waals surface area contributed by atoms with Crippen LogP contribution >= 0.6 is 11.6 Å². The number of halogens is 1. The van der Waals surface area contributed by atoms with Crippen molar-refractivity contribution in [2.75, 3.05) is 13.1 Å². The Balaban J connectivity index is 2.29. The van der Waals surface area contributed by atoms with Gasteiger partial charge in [-0.3, -0.25) is 0 Å². The molecule has 1 aliphatic heterocycles. The van der Waals surface area contributed by atoms with Crippen molar-refractivity contribution in [3.8, 4) is 0 Å². The fourth-order valence-corrected chi connectivity index (χ4v) is 2.09. The molecule has 3 heteroatoms. The Kier molecular flexibility index (Phi) is 2.54. The lowest BCUT2D eigenvalue weighted by atomic mass is 9.95. The molecule has 2 atom stereocenters. The smallest absolute Gasteiger partial charge is 0.0441 e. The second-order valence-electron chi connectivity index (χ2n) is 3.45. The molecule has 0 bridgehead atoms.